The Morgan fingerprint density at radius 2 is 1.00 bits per heavy atom. The van der Waals surface area contributed by atoms with Crippen LogP contribution in [0.5, 0.6) is 0 Å². The van der Waals surface area contributed by atoms with Gasteiger partial charge in [-0.3, -0.25) is 0 Å². The van der Waals surface area contributed by atoms with Gasteiger partial charge in [0.05, 0.1) is 5.41 Å². The van der Waals surface area contributed by atoms with Crippen LogP contribution in [0, 0.1) is 0 Å². The van der Waals surface area contributed by atoms with Crippen LogP contribution >= 0.6 is 22.9 Å². The van der Waals surface area contributed by atoms with Crippen LogP contribution in [0.3, 0.4) is 0 Å². The molecule has 2 heteroatoms. The molecule has 8 aromatic rings. The molecule has 0 nitrogen and oxygen atoms in total. The minimum atomic E-state index is -0.507. The van der Waals surface area contributed by atoms with Crippen molar-refractivity contribution in [2.75, 3.05) is 0 Å². The number of thiophene rings is 1. The summed E-state index contributed by atoms with van der Waals surface area (Å²) in [5.74, 6) is 0. The maximum absolute atomic E-state index is 6.93. The molecule has 0 saturated carbocycles. The summed E-state index contributed by atoms with van der Waals surface area (Å²) >= 11 is 8.81. The van der Waals surface area contributed by atoms with E-state index in [2.05, 4.69) is 152 Å². The van der Waals surface area contributed by atoms with Crippen LogP contribution in [-0.2, 0) is 5.41 Å². The number of benzene rings is 7. The highest BCUT2D eigenvalue weighted by Crippen LogP contribution is 2.65. The van der Waals surface area contributed by atoms with Gasteiger partial charge in [-0.1, -0.05) is 127 Å². The molecule has 1 spiro atoms. The number of hydrogen-bond acceptors (Lipinski definition) is 1. The van der Waals surface area contributed by atoms with Crippen molar-refractivity contribution in [3.8, 4) is 44.5 Å². The second-order valence-electron chi connectivity index (χ2n) is 12.2. The highest BCUT2D eigenvalue weighted by molar-refractivity contribution is 7.26. The lowest BCUT2D eigenvalue weighted by atomic mass is 9.70. The minimum absolute atomic E-state index is 0.507. The fourth-order valence-corrected chi connectivity index (χ4v) is 9.41. The van der Waals surface area contributed by atoms with Gasteiger partial charge in [-0.2, -0.15) is 0 Å². The highest BCUT2D eigenvalue weighted by Gasteiger charge is 2.52. The summed E-state index contributed by atoms with van der Waals surface area (Å²) in [6.45, 7) is 0. The van der Waals surface area contributed by atoms with E-state index in [0.29, 0.717) is 0 Å². The van der Waals surface area contributed by atoms with Gasteiger partial charge in [0.1, 0.15) is 0 Å². The molecule has 1 heterocycles. The van der Waals surface area contributed by atoms with Crippen LogP contribution in [0.25, 0.3) is 64.7 Å². The fourth-order valence-electron chi connectivity index (χ4n) is 8.12. The monoisotopic (exact) mass is 608 g/mol. The molecular formula is C43H25ClS. The van der Waals surface area contributed by atoms with E-state index in [1.54, 1.807) is 0 Å². The molecule has 0 amide bonds. The van der Waals surface area contributed by atoms with Gasteiger partial charge < -0.3 is 0 Å². The van der Waals surface area contributed by atoms with Gasteiger partial charge in [0.2, 0.25) is 0 Å². The zero-order chi connectivity index (χ0) is 29.7. The molecule has 0 bridgehead atoms. The van der Waals surface area contributed by atoms with E-state index in [1.165, 1.54) is 86.9 Å². The highest BCUT2D eigenvalue weighted by atomic mass is 35.5. The zero-order valence-corrected chi connectivity index (χ0v) is 25.8. The van der Waals surface area contributed by atoms with Gasteiger partial charge in [-0.25, -0.2) is 0 Å². The van der Waals surface area contributed by atoms with Crippen LogP contribution in [0.1, 0.15) is 22.3 Å². The Labute approximate surface area is 270 Å². The number of fused-ring (bicyclic) bond motifs is 14. The van der Waals surface area contributed by atoms with Crippen molar-refractivity contribution < 1.29 is 0 Å². The SMILES string of the molecule is Clc1ccc2c(c1)C1(c3cc(-c4ccccc4)ccc3-c3ccc(-c4ccccc4)cc31)c1ccc3sc4ccccc4c3c1-2. The van der Waals surface area contributed by atoms with Gasteiger partial charge in [0.25, 0.3) is 0 Å². The first-order chi connectivity index (χ1) is 22.2. The zero-order valence-electron chi connectivity index (χ0n) is 24.2. The molecule has 45 heavy (non-hydrogen) atoms. The first-order valence-electron chi connectivity index (χ1n) is 15.4. The molecule has 0 radical (unpaired) electrons. The van der Waals surface area contributed by atoms with E-state index in [9.17, 15) is 0 Å². The molecular weight excluding hydrogens is 584 g/mol. The standard InChI is InChI=1S/C43H25ClS/c44-30-17-20-33-38(25-30)43(35-21-22-40-42(41(33)35)34-13-7-8-14-39(34)45-40)36-23-28(26-9-3-1-4-10-26)15-18-31(36)32-19-16-29(24-37(32)43)27-11-5-2-6-12-27/h1-25H. The van der Waals surface area contributed by atoms with Crippen molar-refractivity contribution in [2.24, 2.45) is 0 Å². The Balaban J connectivity index is 1.39. The summed E-state index contributed by atoms with van der Waals surface area (Å²) < 4.78 is 2.64. The Hall–Kier alpha value is -4.95. The Kier molecular flexibility index (Phi) is 5.24. The van der Waals surface area contributed by atoms with Crippen LogP contribution in [0.15, 0.2) is 152 Å². The molecule has 0 aliphatic heterocycles. The third kappa shape index (κ3) is 3.37. The third-order valence-corrected chi connectivity index (χ3v) is 11.3. The van der Waals surface area contributed by atoms with Gasteiger partial charge in [0, 0.05) is 25.2 Å². The average Bonchev–Trinajstić information content (AvgIpc) is 3.72. The van der Waals surface area contributed by atoms with Gasteiger partial charge >= 0.3 is 0 Å². The summed E-state index contributed by atoms with van der Waals surface area (Å²) in [5.41, 5.74) is 14.8. The summed E-state index contributed by atoms with van der Waals surface area (Å²) in [6.07, 6.45) is 0. The summed E-state index contributed by atoms with van der Waals surface area (Å²) in [6, 6.07) is 55.8. The minimum Gasteiger partial charge on any atom is -0.135 e. The maximum Gasteiger partial charge on any atom is 0.0726 e. The van der Waals surface area contributed by atoms with E-state index in [0.717, 1.165) is 5.02 Å². The van der Waals surface area contributed by atoms with Crippen LogP contribution < -0.4 is 0 Å². The summed E-state index contributed by atoms with van der Waals surface area (Å²) in [4.78, 5) is 0. The van der Waals surface area contributed by atoms with E-state index in [4.69, 9.17) is 11.6 Å². The van der Waals surface area contributed by atoms with E-state index in [1.807, 2.05) is 11.3 Å². The molecule has 0 saturated heterocycles. The molecule has 2 aliphatic rings. The van der Waals surface area contributed by atoms with Crippen LogP contribution in [-0.4, -0.2) is 0 Å². The summed E-state index contributed by atoms with van der Waals surface area (Å²) in [7, 11) is 0. The molecule has 2 aliphatic carbocycles. The predicted octanol–water partition coefficient (Wildman–Crippen LogP) is 12.4. The van der Waals surface area contributed by atoms with Crippen molar-refractivity contribution in [3.63, 3.8) is 0 Å². The summed E-state index contributed by atoms with van der Waals surface area (Å²) in [5, 5.41) is 3.43. The Morgan fingerprint density at radius 1 is 0.422 bits per heavy atom. The third-order valence-electron chi connectivity index (χ3n) is 9.95. The molecule has 0 atom stereocenters. The molecule has 0 fully saturated rings. The Bertz CT molecular complexity index is 2400. The van der Waals surface area contributed by atoms with E-state index >= 15 is 0 Å². The van der Waals surface area contributed by atoms with Crippen molar-refractivity contribution >= 4 is 43.1 Å². The first kappa shape index (κ1) is 25.4. The second-order valence-corrected chi connectivity index (χ2v) is 13.7. The number of halogens is 1. The van der Waals surface area contributed by atoms with E-state index in [-0.39, 0.29) is 0 Å². The molecule has 0 unspecified atom stereocenters. The van der Waals surface area contributed by atoms with Crippen molar-refractivity contribution in [1.82, 2.24) is 0 Å². The van der Waals surface area contributed by atoms with E-state index < -0.39 is 5.41 Å². The molecule has 210 valence electrons. The van der Waals surface area contributed by atoms with Crippen molar-refractivity contribution in [3.05, 3.63) is 179 Å². The lowest BCUT2D eigenvalue weighted by molar-refractivity contribution is 0.795. The maximum atomic E-state index is 6.93. The first-order valence-corrected chi connectivity index (χ1v) is 16.6. The topological polar surface area (TPSA) is 0 Å². The fraction of sp³-hybridized carbons (Fsp3) is 0.0233. The van der Waals surface area contributed by atoms with Crippen molar-refractivity contribution in [1.29, 1.82) is 0 Å². The van der Waals surface area contributed by atoms with Crippen molar-refractivity contribution in [2.45, 2.75) is 5.41 Å². The lowest BCUT2D eigenvalue weighted by Gasteiger charge is -2.31. The molecule has 7 aromatic carbocycles. The van der Waals surface area contributed by atoms with Crippen LogP contribution in [0.2, 0.25) is 5.02 Å². The normalized spacial score (nSPS) is 13.6. The predicted molar refractivity (Wildman–Crippen MR) is 192 cm³/mol. The lowest BCUT2D eigenvalue weighted by Crippen LogP contribution is -2.26. The van der Waals surface area contributed by atoms with Crippen LogP contribution in [0.4, 0.5) is 0 Å². The average molecular weight is 609 g/mol. The van der Waals surface area contributed by atoms with Gasteiger partial charge in [0.15, 0.2) is 0 Å². The smallest absolute Gasteiger partial charge is 0.0726 e. The van der Waals surface area contributed by atoms with Gasteiger partial charge in [-0.05, 0) is 103 Å². The molecule has 1 aromatic heterocycles. The molecule has 0 N–H and O–H groups in total. The largest absolute Gasteiger partial charge is 0.135 e. The number of hydrogen-bond donors (Lipinski definition) is 0. The molecule has 10 rings (SSSR count). The second kappa shape index (κ2) is 9.28. The van der Waals surface area contributed by atoms with Gasteiger partial charge in [-0.15, -0.1) is 11.3 Å². The Morgan fingerprint density at radius 3 is 1.67 bits per heavy atom. The quantitative estimate of drug-likeness (QED) is 0.183. The number of rotatable bonds is 2.